The third-order valence-corrected chi connectivity index (χ3v) is 2.46. The SMILES string of the molecule is Cc1cccc(C(C#N)c2cc[nH]c2)c1. The van der Waals surface area contributed by atoms with Gasteiger partial charge < -0.3 is 4.98 Å². The number of aromatic nitrogens is 1. The number of H-pyrrole nitrogens is 1. The first-order chi connectivity index (χ1) is 7.31. The van der Waals surface area contributed by atoms with E-state index in [1.165, 1.54) is 5.56 Å². The van der Waals surface area contributed by atoms with Gasteiger partial charge in [0.15, 0.2) is 0 Å². The lowest BCUT2D eigenvalue weighted by Crippen LogP contribution is -1.96. The van der Waals surface area contributed by atoms with Gasteiger partial charge >= 0.3 is 0 Å². The van der Waals surface area contributed by atoms with Crippen molar-refractivity contribution >= 4 is 0 Å². The zero-order chi connectivity index (χ0) is 10.7. The Bertz CT molecular complexity index is 477. The van der Waals surface area contributed by atoms with E-state index in [2.05, 4.69) is 17.1 Å². The maximum Gasteiger partial charge on any atom is 0.0977 e. The van der Waals surface area contributed by atoms with Crippen molar-refractivity contribution < 1.29 is 0 Å². The second-order valence-electron chi connectivity index (χ2n) is 3.62. The summed E-state index contributed by atoms with van der Waals surface area (Å²) >= 11 is 0. The van der Waals surface area contributed by atoms with Crippen LogP contribution in [0.25, 0.3) is 0 Å². The number of benzene rings is 1. The molecule has 1 aromatic carbocycles. The highest BCUT2D eigenvalue weighted by molar-refractivity contribution is 5.38. The molecule has 0 aliphatic carbocycles. The van der Waals surface area contributed by atoms with Crippen molar-refractivity contribution in [3.63, 3.8) is 0 Å². The fourth-order valence-corrected chi connectivity index (χ4v) is 1.71. The Balaban J connectivity index is 2.41. The third kappa shape index (κ3) is 1.92. The van der Waals surface area contributed by atoms with Crippen molar-refractivity contribution in [3.05, 3.63) is 59.4 Å². The molecule has 0 fully saturated rings. The van der Waals surface area contributed by atoms with Gasteiger partial charge in [-0.2, -0.15) is 5.26 Å². The van der Waals surface area contributed by atoms with Crippen LogP contribution < -0.4 is 0 Å². The van der Waals surface area contributed by atoms with Gasteiger partial charge in [0.1, 0.15) is 0 Å². The van der Waals surface area contributed by atoms with Crippen molar-refractivity contribution in [1.82, 2.24) is 4.98 Å². The van der Waals surface area contributed by atoms with Gasteiger partial charge in [0, 0.05) is 12.4 Å². The summed E-state index contributed by atoms with van der Waals surface area (Å²) in [5.41, 5.74) is 3.25. The van der Waals surface area contributed by atoms with Gasteiger partial charge in [-0.3, -0.25) is 0 Å². The molecule has 2 aromatic rings. The number of rotatable bonds is 2. The number of nitrogens with one attached hydrogen (secondary N) is 1. The summed E-state index contributed by atoms with van der Waals surface area (Å²) in [5.74, 6) is -0.170. The molecule has 2 heteroatoms. The van der Waals surface area contributed by atoms with Crippen LogP contribution in [0.15, 0.2) is 42.7 Å². The minimum atomic E-state index is -0.170. The first kappa shape index (κ1) is 9.54. The fraction of sp³-hybridized carbons (Fsp3) is 0.154. The predicted molar refractivity (Wildman–Crippen MR) is 59.4 cm³/mol. The standard InChI is InChI=1S/C13H12N2/c1-10-3-2-4-11(7-10)13(8-14)12-5-6-15-9-12/h2-7,9,13,15H,1H3. The Labute approximate surface area is 89.2 Å². The van der Waals surface area contributed by atoms with Gasteiger partial charge in [-0.25, -0.2) is 0 Å². The zero-order valence-electron chi connectivity index (χ0n) is 8.57. The van der Waals surface area contributed by atoms with Crippen molar-refractivity contribution in [2.24, 2.45) is 0 Å². The molecule has 1 heterocycles. The number of hydrogen-bond donors (Lipinski definition) is 1. The molecule has 0 aliphatic heterocycles. The van der Waals surface area contributed by atoms with E-state index in [1.54, 1.807) is 0 Å². The van der Waals surface area contributed by atoms with E-state index in [0.717, 1.165) is 11.1 Å². The van der Waals surface area contributed by atoms with Crippen LogP contribution in [-0.4, -0.2) is 4.98 Å². The fourth-order valence-electron chi connectivity index (χ4n) is 1.71. The zero-order valence-corrected chi connectivity index (χ0v) is 8.57. The second-order valence-corrected chi connectivity index (χ2v) is 3.62. The molecule has 15 heavy (non-hydrogen) atoms. The summed E-state index contributed by atoms with van der Waals surface area (Å²) in [4.78, 5) is 2.98. The largest absolute Gasteiger partial charge is 0.367 e. The molecular formula is C13H12N2. The Morgan fingerprint density at radius 2 is 2.13 bits per heavy atom. The van der Waals surface area contributed by atoms with Crippen molar-refractivity contribution in [2.75, 3.05) is 0 Å². The van der Waals surface area contributed by atoms with Crippen molar-refractivity contribution in [1.29, 1.82) is 5.26 Å². The van der Waals surface area contributed by atoms with E-state index in [4.69, 9.17) is 0 Å². The van der Waals surface area contributed by atoms with Crippen LogP contribution in [0.1, 0.15) is 22.6 Å². The second kappa shape index (κ2) is 4.02. The van der Waals surface area contributed by atoms with Crippen LogP contribution in [0.3, 0.4) is 0 Å². The highest BCUT2D eigenvalue weighted by atomic mass is 14.6. The van der Waals surface area contributed by atoms with Crippen LogP contribution in [-0.2, 0) is 0 Å². The lowest BCUT2D eigenvalue weighted by atomic mass is 9.94. The highest BCUT2D eigenvalue weighted by Gasteiger charge is 2.13. The Kier molecular flexibility index (Phi) is 2.55. The van der Waals surface area contributed by atoms with Crippen LogP contribution in [0.4, 0.5) is 0 Å². The number of aryl methyl sites for hydroxylation is 1. The molecular weight excluding hydrogens is 184 g/mol. The van der Waals surface area contributed by atoms with E-state index in [0.29, 0.717) is 0 Å². The van der Waals surface area contributed by atoms with E-state index >= 15 is 0 Å². The van der Waals surface area contributed by atoms with Crippen LogP contribution in [0.5, 0.6) is 0 Å². The first-order valence-electron chi connectivity index (χ1n) is 4.90. The molecule has 2 nitrogen and oxygen atoms in total. The molecule has 0 saturated carbocycles. The molecule has 1 atom stereocenters. The number of hydrogen-bond acceptors (Lipinski definition) is 1. The van der Waals surface area contributed by atoms with E-state index < -0.39 is 0 Å². The molecule has 0 radical (unpaired) electrons. The smallest absolute Gasteiger partial charge is 0.0977 e. The van der Waals surface area contributed by atoms with Gasteiger partial charge in [-0.15, -0.1) is 0 Å². The quantitative estimate of drug-likeness (QED) is 0.788. The Hall–Kier alpha value is -2.01. The molecule has 1 N–H and O–H groups in total. The molecule has 1 unspecified atom stereocenters. The van der Waals surface area contributed by atoms with Gasteiger partial charge in [0.25, 0.3) is 0 Å². The highest BCUT2D eigenvalue weighted by Crippen LogP contribution is 2.23. The summed E-state index contributed by atoms with van der Waals surface area (Å²) < 4.78 is 0. The van der Waals surface area contributed by atoms with Crippen molar-refractivity contribution in [3.8, 4) is 6.07 Å². The molecule has 0 spiro atoms. The molecule has 0 aliphatic rings. The summed E-state index contributed by atoms with van der Waals surface area (Å²) in [6.45, 7) is 2.04. The maximum absolute atomic E-state index is 9.18. The minimum absolute atomic E-state index is 0.170. The molecule has 74 valence electrons. The Morgan fingerprint density at radius 1 is 1.27 bits per heavy atom. The lowest BCUT2D eigenvalue weighted by molar-refractivity contribution is 1.04. The average Bonchev–Trinajstić information content (AvgIpc) is 2.72. The summed E-state index contributed by atoms with van der Waals surface area (Å²) in [6.07, 6.45) is 3.71. The van der Waals surface area contributed by atoms with Gasteiger partial charge in [-0.05, 0) is 24.1 Å². The normalized spacial score (nSPS) is 12.0. The average molecular weight is 196 g/mol. The summed E-state index contributed by atoms with van der Waals surface area (Å²) in [7, 11) is 0. The van der Waals surface area contributed by atoms with E-state index in [-0.39, 0.29) is 5.92 Å². The lowest BCUT2D eigenvalue weighted by Gasteiger charge is -2.07. The monoisotopic (exact) mass is 196 g/mol. The molecule has 0 saturated heterocycles. The Morgan fingerprint density at radius 3 is 2.73 bits per heavy atom. The van der Waals surface area contributed by atoms with E-state index in [1.807, 2.05) is 43.6 Å². The third-order valence-electron chi connectivity index (χ3n) is 2.46. The van der Waals surface area contributed by atoms with Gasteiger partial charge in [0.2, 0.25) is 0 Å². The minimum Gasteiger partial charge on any atom is -0.367 e. The number of nitriles is 1. The summed E-state index contributed by atoms with van der Waals surface area (Å²) in [6, 6.07) is 12.3. The molecule has 0 bridgehead atoms. The summed E-state index contributed by atoms with van der Waals surface area (Å²) in [5, 5.41) is 9.18. The first-order valence-corrected chi connectivity index (χ1v) is 4.90. The number of aromatic amines is 1. The maximum atomic E-state index is 9.18. The van der Waals surface area contributed by atoms with Gasteiger partial charge in [0.05, 0.1) is 12.0 Å². The van der Waals surface area contributed by atoms with E-state index in [9.17, 15) is 5.26 Å². The van der Waals surface area contributed by atoms with Gasteiger partial charge in [-0.1, -0.05) is 29.8 Å². The topological polar surface area (TPSA) is 39.6 Å². The van der Waals surface area contributed by atoms with Crippen molar-refractivity contribution in [2.45, 2.75) is 12.8 Å². The van der Waals surface area contributed by atoms with Crippen LogP contribution >= 0.6 is 0 Å². The number of nitrogens with zero attached hydrogens (tertiary/aromatic N) is 1. The van der Waals surface area contributed by atoms with Crippen LogP contribution in [0, 0.1) is 18.3 Å². The molecule has 1 aromatic heterocycles. The molecule has 2 rings (SSSR count). The van der Waals surface area contributed by atoms with Crippen LogP contribution in [0.2, 0.25) is 0 Å². The predicted octanol–water partition coefficient (Wildman–Crippen LogP) is 2.98. The molecule has 0 amide bonds.